The predicted octanol–water partition coefficient (Wildman–Crippen LogP) is 4.62. The van der Waals surface area contributed by atoms with Gasteiger partial charge in [-0.05, 0) is 23.5 Å². The molecule has 0 aromatic carbocycles. The van der Waals surface area contributed by atoms with Crippen LogP contribution in [0.25, 0.3) is 0 Å². The Hall–Kier alpha value is -0.260. The Kier molecular flexibility index (Phi) is 5.62. The van der Waals surface area contributed by atoms with E-state index in [4.69, 9.17) is 0 Å². The first-order valence-corrected chi connectivity index (χ1v) is 5.44. The molecule has 0 aromatic heterocycles. The summed E-state index contributed by atoms with van der Waals surface area (Å²) in [4.78, 5) is 0.797. The summed E-state index contributed by atoms with van der Waals surface area (Å²) in [5.41, 5.74) is 0. The van der Waals surface area contributed by atoms with Crippen LogP contribution in [0.4, 0.5) is 22.0 Å². The zero-order valence-corrected chi connectivity index (χ0v) is 9.15. The van der Waals surface area contributed by atoms with Crippen molar-refractivity contribution in [2.24, 2.45) is 0 Å². The standard InChI is InChI=1S/C9H13F5S/c1-3-7(2)15-6-4-5-8(10,11)9(12,13)14/h2-6H2,1H3. The lowest BCUT2D eigenvalue weighted by atomic mass is 10.2. The van der Waals surface area contributed by atoms with Crippen molar-refractivity contribution in [3.8, 4) is 0 Å². The quantitative estimate of drug-likeness (QED) is 0.488. The maximum Gasteiger partial charge on any atom is 0.453 e. The van der Waals surface area contributed by atoms with Crippen molar-refractivity contribution in [3.63, 3.8) is 0 Å². The van der Waals surface area contributed by atoms with Gasteiger partial charge in [-0.1, -0.05) is 13.5 Å². The second-order valence-corrected chi connectivity index (χ2v) is 4.32. The third-order valence-corrected chi connectivity index (χ3v) is 2.94. The van der Waals surface area contributed by atoms with Gasteiger partial charge >= 0.3 is 12.1 Å². The number of alkyl halides is 5. The van der Waals surface area contributed by atoms with Crippen LogP contribution in [0.3, 0.4) is 0 Å². The molecule has 0 aliphatic carbocycles. The highest BCUT2D eigenvalue weighted by atomic mass is 32.2. The lowest BCUT2D eigenvalue weighted by Gasteiger charge is -2.19. The van der Waals surface area contributed by atoms with E-state index in [-0.39, 0.29) is 12.2 Å². The van der Waals surface area contributed by atoms with E-state index in [1.54, 1.807) is 0 Å². The van der Waals surface area contributed by atoms with Crippen LogP contribution in [0.2, 0.25) is 0 Å². The second kappa shape index (κ2) is 5.72. The molecule has 0 heterocycles. The van der Waals surface area contributed by atoms with Gasteiger partial charge in [0.2, 0.25) is 0 Å². The van der Waals surface area contributed by atoms with Crippen LogP contribution < -0.4 is 0 Å². The minimum Gasteiger partial charge on any atom is -0.196 e. The minimum atomic E-state index is -5.43. The Bertz CT molecular complexity index is 209. The molecule has 0 unspecified atom stereocenters. The van der Waals surface area contributed by atoms with Crippen molar-refractivity contribution in [2.45, 2.75) is 38.3 Å². The Labute approximate surface area is 89.9 Å². The van der Waals surface area contributed by atoms with Gasteiger partial charge in [-0.15, -0.1) is 11.8 Å². The van der Waals surface area contributed by atoms with E-state index in [1.165, 1.54) is 11.8 Å². The number of hydrogen-bond donors (Lipinski definition) is 0. The Balaban J connectivity index is 3.82. The average molecular weight is 248 g/mol. The van der Waals surface area contributed by atoms with Crippen molar-refractivity contribution >= 4 is 11.8 Å². The Morgan fingerprint density at radius 3 is 2.13 bits per heavy atom. The first-order valence-electron chi connectivity index (χ1n) is 4.46. The van der Waals surface area contributed by atoms with E-state index in [0.717, 1.165) is 4.91 Å². The predicted molar refractivity (Wildman–Crippen MR) is 52.1 cm³/mol. The summed E-state index contributed by atoms with van der Waals surface area (Å²) < 4.78 is 59.9. The Morgan fingerprint density at radius 1 is 1.20 bits per heavy atom. The van der Waals surface area contributed by atoms with Gasteiger partial charge in [0.25, 0.3) is 0 Å². The van der Waals surface area contributed by atoms with Gasteiger partial charge < -0.3 is 0 Å². The molecule has 0 amide bonds. The normalized spacial score (nSPS) is 12.9. The fraction of sp³-hybridized carbons (Fsp3) is 0.778. The highest BCUT2D eigenvalue weighted by Gasteiger charge is 2.56. The van der Waals surface area contributed by atoms with E-state index < -0.39 is 18.5 Å². The van der Waals surface area contributed by atoms with Crippen LogP contribution >= 0.6 is 11.8 Å². The number of hydrogen-bond acceptors (Lipinski definition) is 1. The van der Waals surface area contributed by atoms with Gasteiger partial charge in [0.05, 0.1) is 0 Å². The van der Waals surface area contributed by atoms with Crippen molar-refractivity contribution in [3.05, 3.63) is 11.5 Å². The van der Waals surface area contributed by atoms with Crippen LogP contribution in [0, 0.1) is 0 Å². The van der Waals surface area contributed by atoms with E-state index in [9.17, 15) is 22.0 Å². The molecule has 0 rings (SSSR count). The monoisotopic (exact) mass is 248 g/mol. The SMILES string of the molecule is C=C(CC)SCCCC(F)(F)C(F)(F)F. The summed E-state index contributed by atoms with van der Waals surface area (Å²) in [7, 11) is 0. The summed E-state index contributed by atoms with van der Waals surface area (Å²) >= 11 is 1.23. The zero-order valence-electron chi connectivity index (χ0n) is 8.33. The summed E-state index contributed by atoms with van der Waals surface area (Å²) in [5, 5.41) is 0. The molecule has 0 atom stereocenters. The molecule has 0 radical (unpaired) electrons. The molecule has 0 nitrogen and oxygen atoms in total. The van der Waals surface area contributed by atoms with Crippen LogP contribution in [-0.4, -0.2) is 17.9 Å². The second-order valence-electron chi connectivity index (χ2n) is 3.05. The molecule has 90 valence electrons. The van der Waals surface area contributed by atoms with Crippen molar-refractivity contribution < 1.29 is 22.0 Å². The minimum absolute atomic E-state index is 0.170. The first-order chi connectivity index (χ1) is 6.70. The highest BCUT2D eigenvalue weighted by Crippen LogP contribution is 2.39. The molecule has 0 saturated carbocycles. The van der Waals surface area contributed by atoms with Crippen LogP contribution in [0.5, 0.6) is 0 Å². The molecular weight excluding hydrogens is 235 g/mol. The van der Waals surface area contributed by atoms with Crippen molar-refractivity contribution in [1.82, 2.24) is 0 Å². The van der Waals surface area contributed by atoms with Crippen LogP contribution in [0.15, 0.2) is 11.5 Å². The van der Waals surface area contributed by atoms with Gasteiger partial charge in [-0.3, -0.25) is 0 Å². The van der Waals surface area contributed by atoms with Crippen LogP contribution in [-0.2, 0) is 0 Å². The largest absolute Gasteiger partial charge is 0.453 e. The van der Waals surface area contributed by atoms with E-state index in [1.807, 2.05) is 6.92 Å². The highest BCUT2D eigenvalue weighted by molar-refractivity contribution is 8.03. The molecule has 0 bridgehead atoms. The summed E-state index contributed by atoms with van der Waals surface area (Å²) in [6.07, 6.45) is -6.06. The van der Waals surface area contributed by atoms with E-state index in [2.05, 4.69) is 6.58 Å². The number of thioether (sulfide) groups is 1. The topological polar surface area (TPSA) is 0 Å². The number of halogens is 5. The van der Waals surface area contributed by atoms with E-state index in [0.29, 0.717) is 6.42 Å². The summed E-state index contributed by atoms with van der Waals surface area (Å²) in [6, 6.07) is 0. The van der Waals surface area contributed by atoms with Gasteiger partial charge in [-0.2, -0.15) is 22.0 Å². The smallest absolute Gasteiger partial charge is 0.196 e. The maximum absolute atomic E-state index is 12.4. The van der Waals surface area contributed by atoms with Crippen LogP contribution in [0.1, 0.15) is 26.2 Å². The number of allylic oxidation sites excluding steroid dienone is 1. The third kappa shape index (κ3) is 5.39. The molecule has 0 aliphatic rings. The lowest BCUT2D eigenvalue weighted by Crippen LogP contribution is -2.36. The lowest BCUT2D eigenvalue weighted by molar-refractivity contribution is -0.284. The molecule has 0 aromatic rings. The maximum atomic E-state index is 12.4. The van der Waals surface area contributed by atoms with Gasteiger partial charge in [0.15, 0.2) is 0 Å². The fourth-order valence-corrected chi connectivity index (χ4v) is 1.54. The molecule has 0 spiro atoms. The molecule has 0 saturated heterocycles. The fourth-order valence-electron chi connectivity index (χ4n) is 0.754. The molecule has 0 N–H and O–H groups in total. The molecular formula is C9H13F5S. The van der Waals surface area contributed by atoms with E-state index >= 15 is 0 Å². The van der Waals surface area contributed by atoms with Crippen molar-refractivity contribution in [1.29, 1.82) is 0 Å². The zero-order chi connectivity index (χ0) is 12.1. The van der Waals surface area contributed by atoms with Gasteiger partial charge in [0.1, 0.15) is 0 Å². The molecule has 0 fully saturated rings. The molecule has 6 heteroatoms. The molecule has 0 aliphatic heterocycles. The van der Waals surface area contributed by atoms with Gasteiger partial charge in [0, 0.05) is 6.42 Å². The average Bonchev–Trinajstić information content (AvgIpc) is 2.10. The summed E-state index contributed by atoms with van der Waals surface area (Å²) in [6.45, 7) is 5.46. The Morgan fingerprint density at radius 2 is 1.73 bits per heavy atom. The number of rotatable bonds is 6. The first kappa shape index (κ1) is 14.7. The third-order valence-electron chi connectivity index (χ3n) is 1.75. The molecule has 15 heavy (non-hydrogen) atoms. The van der Waals surface area contributed by atoms with Gasteiger partial charge in [-0.25, -0.2) is 0 Å². The summed E-state index contributed by atoms with van der Waals surface area (Å²) in [5.74, 6) is -4.32. The van der Waals surface area contributed by atoms with Crippen molar-refractivity contribution in [2.75, 3.05) is 5.75 Å².